The van der Waals surface area contributed by atoms with E-state index in [1.165, 1.54) is 70.5 Å². The van der Waals surface area contributed by atoms with Gasteiger partial charge in [-0.1, -0.05) is 51.5 Å². The molecule has 1 aliphatic carbocycles. The smallest absolute Gasteiger partial charge is 0.104 e. The molecule has 23 heavy (non-hydrogen) atoms. The van der Waals surface area contributed by atoms with Gasteiger partial charge in [-0.2, -0.15) is 0 Å². The summed E-state index contributed by atoms with van der Waals surface area (Å²) in [5, 5.41) is 0. The average Bonchev–Trinajstić information content (AvgIpc) is 3.41. The van der Waals surface area contributed by atoms with Crippen LogP contribution in [0.1, 0.15) is 77.6 Å². The first-order chi connectivity index (χ1) is 11.2. The van der Waals surface area contributed by atoms with Crippen molar-refractivity contribution < 1.29 is 14.2 Å². The van der Waals surface area contributed by atoms with Crippen LogP contribution in [0.15, 0.2) is 12.8 Å². The van der Waals surface area contributed by atoms with E-state index < -0.39 is 0 Å². The lowest BCUT2D eigenvalue weighted by Gasteiger charge is -2.40. The molecular formula is C20H36O3. The first-order valence-electron chi connectivity index (χ1n) is 9.73. The third kappa shape index (κ3) is 7.26. The van der Waals surface area contributed by atoms with Gasteiger partial charge in [0.15, 0.2) is 0 Å². The van der Waals surface area contributed by atoms with Crippen LogP contribution in [-0.4, -0.2) is 31.5 Å². The molecule has 0 amide bonds. The Labute approximate surface area is 142 Å². The van der Waals surface area contributed by atoms with E-state index in [0.29, 0.717) is 6.10 Å². The summed E-state index contributed by atoms with van der Waals surface area (Å²) in [6, 6.07) is 0. The number of ether oxygens (including phenoxy) is 3. The van der Waals surface area contributed by atoms with Gasteiger partial charge in [-0.05, 0) is 38.5 Å². The number of epoxide rings is 1. The van der Waals surface area contributed by atoms with Crippen LogP contribution < -0.4 is 0 Å². The molecular weight excluding hydrogens is 288 g/mol. The van der Waals surface area contributed by atoms with Gasteiger partial charge in [0.1, 0.15) is 6.10 Å². The first-order valence-corrected chi connectivity index (χ1v) is 9.73. The van der Waals surface area contributed by atoms with Gasteiger partial charge < -0.3 is 14.2 Å². The Kier molecular flexibility index (Phi) is 8.46. The zero-order valence-electron chi connectivity index (χ0n) is 15.1. The minimum atomic E-state index is 0.0678. The molecule has 1 aliphatic heterocycles. The van der Waals surface area contributed by atoms with Gasteiger partial charge in [-0.25, -0.2) is 0 Å². The highest BCUT2D eigenvalue weighted by atomic mass is 16.6. The van der Waals surface area contributed by atoms with Crippen LogP contribution in [0.25, 0.3) is 0 Å². The van der Waals surface area contributed by atoms with E-state index in [9.17, 15) is 0 Å². The molecule has 1 saturated heterocycles. The zero-order valence-corrected chi connectivity index (χ0v) is 15.1. The van der Waals surface area contributed by atoms with Gasteiger partial charge in [-0.15, -0.1) is 0 Å². The molecule has 0 aromatic carbocycles. The van der Waals surface area contributed by atoms with Gasteiger partial charge in [0.05, 0.1) is 31.7 Å². The average molecular weight is 325 g/mol. The molecule has 1 saturated carbocycles. The largest absolute Gasteiger partial charge is 0.502 e. The highest BCUT2D eigenvalue weighted by molar-refractivity contribution is 4.87. The second kappa shape index (κ2) is 10.4. The maximum absolute atomic E-state index is 6.40. The second-order valence-electron chi connectivity index (χ2n) is 7.47. The van der Waals surface area contributed by atoms with Crippen LogP contribution in [0.5, 0.6) is 0 Å². The minimum absolute atomic E-state index is 0.0678. The predicted molar refractivity (Wildman–Crippen MR) is 94.5 cm³/mol. The topological polar surface area (TPSA) is 31.0 Å². The second-order valence-corrected chi connectivity index (χ2v) is 7.47. The van der Waals surface area contributed by atoms with Crippen molar-refractivity contribution in [1.82, 2.24) is 0 Å². The molecule has 2 fully saturated rings. The fraction of sp³-hybridized carbons (Fsp3) is 0.900. The number of hydrogen-bond donors (Lipinski definition) is 0. The van der Waals surface area contributed by atoms with Crippen molar-refractivity contribution in [2.45, 2.75) is 89.3 Å². The molecule has 1 heterocycles. The van der Waals surface area contributed by atoms with E-state index in [0.717, 1.165) is 32.2 Å². The summed E-state index contributed by atoms with van der Waals surface area (Å²) in [5.74, 6) is 0.746. The summed E-state index contributed by atoms with van der Waals surface area (Å²) >= 11 is 0. The Morgan fingerprint density at radius 2 is 1.78 bits per heavy atom. The van der Waals surface area contributed by atoms with Crippen LogP contribution in [0.4, 0.5) is 0 Å². The summed E-state index contributed by atoms with van der Waals surface area (Å²) in [6.45, 7) is 8.44. The predicted octanol–water partition coefficient (Wildman–Crippen LogP) is 5.24. The van der Waals surface area contributed by atoms with Crippen molar-refractivity contribution in [3.05, 3.63) is 12.8 Å². The molecule has 0 radical (unpaired) electrons. The molecule has 3 heteroatoms. The van der Waals surface area contributed by atoms with Crippen molar-refractivity contribution in [2.24, 2.45) is 5.92 Å². The Morgan fingerprint density at radius 1 is 1.09 bits per heavy atom. The molecule has 2 rings (SSSR count). The first kappa shape index (κ1) is 18.8. The van der Waals surface area contributed by atoms with Gasteiger partial charge in [0, 0.05) is 0 Å². The molecule has 0 spiro atoms. The number of rotatable bonds is 13. The Balaban J connectivity index is 1.65. The molecule has 134 valence electrons. The standard InChI is InChI=1S/C20H36O3/c1-3-21-15-11-6-4-5-10-14-20(2,23-17-19-16-22-19)18-12-8-7-9-13-18/h3,18-19H,1,4-17H2,2H3. The summed E-state index contributed by atoms with van der Waals surface area (Å²) in [4.78, 5) is 0. The van der Waals surface area contributed by atoms with E-state index in [1.54, 1.807) is 0 Å². The summed E-state index contributed by atoms with van der Waals surface area (Å²) in [7, 11) is 0. The van der Waals surface area contributed by atoms with Crippen LogP contribution in [-0.2, 0) is 14.2 Å². The molecule has 2 aliphatic rings. The zero-order chi connectivity index (χ0) is 16.4. The number of unbranched alkanes of at least 4 members (excludes halogenated alkanes) is 4. The Hall–Kier alpha value is -0.540. The van der Waals surface area contributed by atoms with Gasteiger partial charge in [0.25, 0.3) is 0 Å². The fourth-order valence-corrected chi connectivity index (χ4v) is 3.83. The Bertz CT molecular complexity index is 321. The molecule has 0 bridgehead atoms. The third-order valence-corrected chi connectivity index (χ3v) is 5.52. The molecule has 2 atom stereocenters. The monoisotopic (exact) mass is 324 g/mol. The molecule has 0 N–H and O–H groups in total. The van der Waals surface area contributed by atoms with E-state index in [1.807, 2.05) is 0 Å². The van der Waals surface area contributed by atoms with Crippen molar-refractivity contribution in [2.75, 3.05) is 19.8 Å². The van der Waals surface area contributed by atoms with Crippen molar-refractivity contribution in [1.29, 1.82) is 0 Å². The van der Waals surface area contributed by atoms with E-state index in [-0.39, 0.29) is 5.60 Å². The van der Waals surface area contributed by atoms with E-state index >= 15 is 0 Å². The Morgan fingerprint density at radius 3 is 2.48 bits per heavy atom. The summed E-state index contributed by atoms with van der Waals surface area (Å²) in [6.07, 6.45) is 16.3. The highest BCUT2D eigenvalue weighted by Crippen LogP contribution is 2.38. The SMILES string of the molecule is C=COCCCCCCCC(C)(OCC1CO1)C1CCCCC1. The van der Waals surface area contributed by atoms with Crippen LogP contribution >= 0.6 is 0 Å². The van der Waals surface area contributed by atoms with Crippen LogP contribution in [0.3, 0.4) is 0 Å². The highest BCUT2D eigenvalue weighted by Gasteiger charge is 2.37. The number of hydrogen-bond acceptors (Lipinski definition) is 3. The van der Waals surface area contributed by atoms with Gasteiger partial charge in [0.2, 0.25) is 0 Å². The third-order valence-electron chi connectivity index (χ3n) is 5.52. The van der Waals surface area contributed by atoms with Crippen LogP contribution in [0.2, 0.25) is 0 Å². The summed E-state index contributed by atoms with van der Waals surface area (Å²) < 4.78 is 16.9. The van der Waals surface area contributed by atoms with Crippen LogP contribution in [0, 0.1) is 5.92 Å². The maximum atomic E-state index is 6.40. The lowest BCUT2D eigenvalue weighted by molar-refractivity contribution is -0.0942. The van der Waals surface area contributed by atoms with Gasteiger partial charge >= 0.3 is 0 Å². The maximum Gasteiger partial charge on any atom is 0.104 e. The van der Waals surface area contributed by atoms with E-state index in [2.05, 4.69) is 13.5 Å². The normalized spacial score (nSPS) is 24.1. The fourth-order valence-electron chi connectivity index (χ4n) is 3.83. The molecule has 0 aromatic rings. The molecule has 0 aromatic heterocycles. The van der Waals surface area contributed by atoms with Crippen molar-refractivity contribution in [3.8, 4) is 0 Å². The lowest BCUT2D eigenvalue weighted by atomic mass is 9.75. The minimum Gasteiger partial charge on any atom is -0.502 e. The van der Waals surface area contributed by atoms with E-state index in [4.69, 9.17) is 14.2 Å². The lowest BCUT2D eigenvalue weighted by Crippen LogP contribution is -2.40. The summed E-state index contributed by atoms with van der Waals surface area (Å²) in [5.41, 5.74) is 0.0678. The van der Waals surface area contributed by atoms with Crippen molar-refractivity contribution in [3.63, 3.8) is 0 Å². The molecule has 2 unspecified atom stereocenters. The van der Waals surface area contributed by atoms with Gasteiger partial charge in [-0.3, -0.25) is 0 Å². The molecule has 3 nitrogen and oxygen atoms in total. The van der Waals surface area contributed by atoms with Crippen molar-refractivity contribution >= 4 is 0 Å². The quantitative estimate of drug-likeness (QED) is 0.264.